The van der Waals surface area contributed by atoms with Gasteiger partial charge in [-0.1, -0.05) is 0 Å². The van der Waals surface area contributed by atoms with Crippen LogP contribution in [0.3, 0.4) is 0 Å². The van der Waals surface area contributed by atoms with E-state index in [1.165, 1.54) is 0 Å². The average Bonchev–Trinajstić information content (AvgIpc) is 2.93. The molecule has 0 spiro atoms. The number of carbonyl (C=O) groups excluding carboxylic acids is 1. The largest absolute Gasteiger partial charge is 0.446 e. The predicted molar refractivity (Wildman–Crippen MR) is 82.4 cm³/mol. The third kappa shape index (κ3) is 4.22. The molecule has 21 heavy (non-hydrogen) atoms. The first-order chi connectivity index (χ1) is 9.75. The fourth-order valence-corrected chi connectivity index (χ4v) is 2.67. The quantitative estimate of drug-likeness (QED) is 0.929. The van der Waals surface area contributed by atoms with Crippen LogP contribution in [-0.4, -0.2) is 28.0 Å². The Balaban J connectivity index is 1.90. The van der Waals surface area contributed by atoms with Gasteiger partial charge in [-0.3, -0.25) is 4.68 Å². The molecule has 1 N–H and O–H groups in total. The van der Waals surface area contributed by atoms with E-state index in [1.54, 1.807) is 0 Å². The standard InChI is InChI=1S/C16H27N3O2/c1-11(2)17-15(20)21-13-7-6-12(10-13)14-8-9-19(18-14)16(3,4)5/h8-9,11-13H,6-7,10H2,1-5H3,(H,17,20)/t12-,13+/m0/s1. The van der Waals surface area contributed by atoms with Crippen molar-refractivity contribution in [1.82, 2.24) is 15.1 Å². The number of amides is 1. The molecule has 0 aliphatic heterocycles. The van der Waals surface area contributed by atoms with E-state index >= 15 is 0 Å². The van der Waals surface area contributed by atoms with Gasteiger partial charge in [-0.25, -0.2) is 4.79 Å². The molecule has 1 aromatic rings. The third-order valence-electron chi connectivity index (χ3n) is 3.78. The Labute approximate surface area is 127 Å². The molecule has 0 aromatic carbocycles. The number of nitrogens with zero attached hydrogens (tertiary/aromatic N) is 2. The lowest BCUT2D eigenvalue weighted by atomic mass is 10.0. The summed E-state index contributed by atoms with van der Waals surface area (Å²) in [6, 6.07) is 2.20. The van der Waals surface area contributed by atoms with Crippen LogP contribution >= 0.6 is 0 Å². The Morgan fingerprint density at radius 2 is 2.14 bits per heavy atom. The zero-order valence-corrected chi connectivity index (χ0v) is 13.7. The van der Waals surface area contributed by atoms with Crippen LogP contribution < -0.4 is 5.32 Å². The summed E-state index contributed by atoms with van der Waals surface area (Å²) < 4.78 is 7.47. The van der Waals surface area contributed by atoms with Crippen LogP contribution in [0.4, 0.5) is 4.79 Å². The van der Waals surface area contributed by atoms with Crippen LogP contribution in [0, 0.1) is 0 Å². The number of alkyl carbamates (subject to hydrolysis) is 1. The van der Waals surface area contributed by atoms with Gasteiger partial charge in [0.15, 0.2) is 0 Å². The Morgan fingerprint density at radius 1 is 1.43 bits per heavy atom. The van der Waals surface area contributed by atoms with Crippen molar-refractivity contribution in [2.75, 3.05) is 0 Å². The molecule has 1 amide bonds. The number of aromatic nitrogens is 2. The SMILES string of the molecule is CC(C)NC(=O)O[C@@H]1CC[C@H](c2ccn(C(C)(C)C)n2)C1. The van der Waals surface area contributed by atoms with Gasteiger partial charge in [0.2, 0.25) is 0 Å². The topological polar surface area (TPSA) is 56.1 Å². The second-order valence-corrected chi connectivity index (χ2v) is 7.19. The lowest BCUT2D eigenvalue weighted by Gasteiger charge is -2.19. The highest BCUT2D eigenvalue weighted by molar-refractivity contribution is 5.67. The molecular formula is C16H27N3O2. The zero-order valence-electron chi connectivity index (χ0n) is 13.7. The Morgan fingerprint density at radius 3 is 2.71 bits per heavy atom. The first-order valence-electron chi connectivity index (χ1n) is 7.79. The van der Waals surface area contributed by atoms with Crippen molar-refractivity contribution < 1.29 is 9.53 Å². The molecule has 0 saturated heterocycles. The van der Waals surface area contributed by atoms with E-state index in [4.69, 9.17) is 4.74 Å². The fraction of sp³-hybridized carbons (Fsp3) is 0.750. The van der Waals surface area contributed by atoms with Crippen LogP contribution in [0.1, 0.15) is 65.5 Å². The Kier molecular flexibility index (Phi) is 4.59. The molecule has 0 unspecified atom stereocenters. The molecule has 5 nitrogen and oxygen atoms in total. The molecule has 0 radical (unpaired) electrons. The molecule has 1 aromatic heterocycles. The summed E-state index contributed by atoms with van der Waals surface area (Å²) in [5.41, 5.74) is 1.12. The molecule has 1 fully saturated rings. The summed E-state index contributed by atoms with van der Waals surface area (Å²) in [6.07, 6.45) is 4.55. The normalized spacial score (nSPS) is 22.6. The summed E-state index contributed by atoms with van der Waals surface area (Å²) >= 11 is 0. The van der Waals surface area contributed by atoms with Crippen LogP contribution in [0.25, 0.3) is 0 Å². The number of nitrogens with one attached hydrogen (secondary N) is 1. The van der Waals surface area contributed by atoms with E-state index in [2.05, 4.69) is 37.3 Å². The van der Waals surface area contributed by atoms with Crippen molar-refractivity contribution >= 4 is 6.09 Å². The molecule has 118 valence electrons. The maximum absolute atomic E-state index is 11.6. The minimum atomic E-state index is -0.309. The second kappa shape index (κ2) is 6.08. The maximum atomic E-state index is 11.6. The van der Waals surface area contributed by atoms with E-state index in [9.17, 15) is 4.79 Å². The van der Waals surface area contributed by atoms with Crippen molar-refractivity contribution in [3.05, 3.63) is 18.0 Å². The number of hydrogen-bond donors (Lipinski definition) is 1. The van der Waals surface area contributed by atoms with Crippen molar-refractivity contribution in [2.24, 2.45) is 0 Å². The Hall–Kier alpha value is -1.52. The molecule has 1 heterocycles. The van der Waals surface area contributed by atoms with Crippen molar-refractivity contribution in [1.29, 1.82) is 0 Å². The van der Waals surface area contributed by atoms with Gasteiger partial charge in [-0.05, 0) is 59.9 Å². The zero-order chi connectivity index (χ0) is 15.6. The van der Waals surface area contributed by atoms with E-state index in [0.717, 1.165) is 25.0 Å². The summed E-state index contributed by atoms with van der Waals surface area (Å²) in [5.74, 6) is 0.394. The number of carbonyl (C=O) groups is 1. The van der Waals surface area contributed by atoms with Gasteiger partial charge >= 0.3 is 6.09 Å². The van der Waals surface area contributed by atoms with Gasteiger partial charge in [0.05, 0.1) is 11.2 Å². The average molecular weight is 293 g/mol. The van der Waals surface area contributed by atoms with Crippen LogP contribution in [0.5, 0.6) is 0 Å². The predicted octanol–water partition coefficient (Wildman–Crippen LogP) is 3.41. The first-order valence-corrected chi connectivity index (χ1v) is 7.79. The molecule has 5 heteroatoms. The highest BCUT2D eigenvalue weighted by atomic mass is 16.6. The van der Waals surface area contributed by atoms with E-state index in [-0.39, 0.29) is 23.8 Å². The van der Waals surface area contributed by atoms with Gasteiger partial charge < -0.3 is 10.1 Å². The smallest absolute Gasteiger partial charge is 0.407 e. The lowest BCUT2D eigenvalue weighted by molar-refractivity contribution is 0.0981. The number of rotatable bonds is 3. The lowest BCUT2D eigenvalue weighted by Crippen LogP contribution is -2.33. The molecular weight excluding hydrogens is 266 g/mol. The van der Waals surface area contributed by atoms with E-state index in [1.807, 2.05) is 24.7 Å². The second-order valence-electron chi connectivity index (χ2n) is 7.19. The maximum Gasteiger partial charge on any atom is 0.407 e. The molecule has 0 bridgehead atoms. The molecule has 1 aliphatic rings. The van der Waals surface area contributed by atoms with E-state index in [0.29, 0.717) is 5.92 Å². The molecule has 2 atom stereocenters. The van der Waals surface area contributed by atoms with Crippen molar-refractivity contribution in [2.45, 2.75) is 77.5 Å². The van der Waals surface area contributed by atoms with E-state index < -0.39 is 0 Å². The van der Waals surface area contributed by atoms with Crippen molar-refractivity contribution in [3.63, 3.8) is 0 Å². The van der Waals surface area contributed by atoms with Gasteiger partial charge in [-0.15, -0.1) is 0 Å². The van der Waals surface area contributed by atoms with Crippen molar-refractivity contribution in [3.8, 4) is 0 Å². The van der Waals surface area contributed by atoms with Crippen LogP contribution in [0.15, 0.2) is 12.3 Å². The summed E-state index contributed by atoms with van der Waals surface area (Å²) in [5, 5.41) is 7.45. The van der Waals surface area contributed by atoms with Gasteiger partial charge in [0.25, 0.3) is 0 Å². The molecule has 2 rings (SSSR count). The molecule has 1 aliphatic carbocycles. The molecule has 1 saturated carbocycles. The van der Waals surface area contributed by atoms with Crippen LogP contribution in [-0.2, 0) is 10.3 Å². The number of hydrogen-bond acceptors (Lipinski definition) is 3. The number of ether oxygens (including phenoxy) is 1. The minimum Gasteiger partial charge on any atom is -0.446 e. The fourth-order valence-electron chi connectivity index (χ4n) is 2.67. The van der Waals surface area contributed by atoms with Crippen LogP contribution in [0.2, 0.25) is 0 Å². The highest BCUT2D eigenvalue weighted by Crippen LogP contribution is 2.35. The highest BCUT2D eigenvalue weighted by Gasteiger charge is 2.30. The summed E-state index contributed by atoms with van der Waals surface area (Å²) in [6.45, 7) is 10.3. The summed E-state index contributed by atoms with van der Waals surface area (Å²) in [4.78, 5) is 11.6. The monoisotopic (exact) mass is 293 g/mol. The van der Waals surface area contributed by atoms with Gasteiger partial charge in [0.1, 0.15) is 6.10 Å². The third-order valence-corrected chi connectivity index (χ3v) is 3.78. The first kappa shape index (κ1) is 15.9. The minimum absolute atomic E-state index is 0.00387. The summed E-state index contributed by atoms with van der Waals surface area (Å²) in [7, 11) is 0. The van der Waals surface area contributed by atoms with Gasteiger partial charge in [0, 0.05) is 18.2 Å². The van der Waals surface area contributed by atoms with Gasteiger partial charge in [-0.2, -0.15) is 5.10 Å². The Bertz CT molecular complexity index is 488.